The Morgan fingerprint density at radius 1 is 1.38 bits per heavy atom. The second-order valence-electron chi connectivity index (χ2n) is 6.27. The van der Waals surface area contributed by atoms with E-state index in [1.807, 2.05) is 36.5 Å². The van der Waals surface area contributed by atoms with Gasteiger partial charge < -0.3 is 10.6 Å². The minimum Gasteiger partial charge on any atom is -0.337 e. The van der Waals surface area contributed by atoms with Gasteiger partial charge in [0.25, 0.3) is 0 Å². The number of fused-ring (bicyclic) bond motifs is 1. The maximum Gasteiger partial charge on any atom is 0.315 e. The number of nitrogens with one attached hydrogen (secondary N) is 2. The van der Waals surface area contributed by atoms with Crippen LogP contribution >= 0.6 is 11.3 Å². The Morgan fingerprint density at radius 3 is 3.04 bits per heavy atom. The maximum atomic E-state index is 12.1. The minimum absolute atomic E-state index is 0.107. The molecule has 0 unspecified atom stereocenters. The molecule has 0 fully saturated rings. The fourth-order valence-electron chi connectivity index (χ4n) is 2.97. The molecule has 0 bridgehead atoms. The van der Waals surface area contributed by atoms with Gasteiger partial charge in [-0.3, -0.25) is 9.88 Å². The standard InChI is InChI=1S/C18H24N4OS/c1-13(22-9-6-17-15(12-22)7-10-24-17)11-20-18(23)21-14(2)16-5-3-4-8-19-16/h3-5,7-8,10,13-14H,6,9,11-12H2,1-2H3,(H2,20,21,23)/t13-,14+/m1/s1. The summed E-state index contributed by atoms with van der Waals surface area (Å²) in [6.07, 6.45) is 2.85. The molecule has 1 aliphatic heterocycles. The van der Waals surface area contributed by atoms with Gasteiger partial charge in [-0.25, -0.2) is 4.79 Å². The lowest BCUT2D eigenvalue weighted by Gasteiger charge is -2.32. The largest absolute Gasteiger partial charge is 0.337 e. The Kier molecular flexibility index (Phi) is 5.48. The van der Waals surface area contributed by atoms with Gasteiger partial charge in [-0.1, -0.05) is 6.07 Å². The summed E-state index contributed by atoms with van der Waals surface area (Å²) in [4.78, 5) is 20.3. The fraction of sp³-hybridized carbons (Fsp3) is 0.444. The predicted octanol–water partition coefficient (Wildman–Crippen LogP) is 2.95. The van der Waals surface area contributed by atoms with Crippen molar-refractivity contribution in [1.29, 1.82) is 0 Å². The van der Waals surface area contributed by atoms with E-state index in [1.165, 1.54) is 10.4 Å². The molecule has 1 aliphatic rings. The summed E-state index contributed by atoms with van der Waals surface area (Å²) in [6, 6.07) is 7.99. The summed E-state index contributed by atoms with van der Waals surface area (Å²) in [6.45, 7) is 6.78. The molecule has 3 rings (SSSR count). The van der Waals surface area contributed by atoms with Crippen LogP contribution in [-0.4, -0.2) is 35.0 Å². The van der Waals surface area contributed by atoms with E-state index in [1.54, 1.807) is 6.20 Å². The highest BCUT2D eigenvalue weighted by Crippen LogP contribution is 2.24. The zero-order valence-electron chi connectivity index (χ0n) is 14.2. The van der Waals surface area contributed by atoms with E-state index in [2.05, 4.69) is 38.9 Å². The first-order chi connectivity index (χ1) is 11.6. The van der Waals surface area contributed by atoms with E-state index in [9.17, 15) is 4.79 Å². The number of carbonyl (C=O) groups is 1. The molecule has 2 aromatic heterocycles. The zero-order valence-corrected chi connectivity index (χ0v) is 15.0. The van der Waals surface area contributed by atoms with Gasteiger partial charge >= 0.3 is 6.03 Å². The molecule has 6 heteroatoms. The summed E-state index contributed by atoms with van der Waals surface area (Å²) in [7, 11) is 0. The number of hydrogen-bond acceptors (Lipinski definition) is 4. The molecule has 128 valence electrons. The Morgan fingerprint density at radius 2 is 2.25 bits per heavy atom. The van der Waals surface area contributed by atoms with Crippen molar-refractivity contribution in [3.8, 4) is 0 Å². The average Bonchev–Trinajstić information content (AvgIpc) is 3.08. The molecule has 0 aromatic carbocycles. The number of aromatic nitrogens is 1. The molecular weight excluding hydrogens is 320 g/mol. The van der Waals surface area contributed by atoms with Gasteiger partial charge in [-0.2, -0.15) is 0 Å². The van der Waals surface area contributed by atoms with Crippen molar-refractivity contribution in [1.82, 2.24) is 20.5 Å². The number of rotatable bonds is 5. The lowest BCUT2D eigenvalue weighted by Crippen LogP contribution is -2.46. The maximum absolute atomic E-state index is 12.1. The third-order valence-corrected chi connectivity index (χ3v) is 5.52. The van der Waals surface area contributed by atoms with Crippen molar-refractivity contribution >= 4 is 17.4 Å². The Hall–Kier alpha value is -1.92. The molecule has 3 heterocycles. The van der Waals surface area contributed by atoms with Gasteiger partial charge in [0.05, 0.1) is 11.7 Å². The molecular formula is C18H24N4OS. The number of urea groups is 1. The van der Waals surface area contributed by atoms with E-state index in [-0.39, 0.29) is 12.1 Å². The van der Waals surface area contributed by atoms with Crippen LogP contribution in [-0.2, 0) is 13.0 Å². The first kappa shape index (κ1) is 16.9. The first-order valence-corrected chi connectivity index (χ1v) is 9.26. The number of nitrogens with zero attached hydrogens (tertiary/aromatic N) is 2. The van der Waals surface area contributed by atoms with Crippen LogP contribution in [0.25, 0.3) is 0 Å². The van der Waals surface area contributed by atoms with Crippen LogP contribution in [0, 0.1) is 0 Å². The Labute approximate surface area is 147 Å². The first-order valence-electron chi connectivity index (χ1n) is 8.38. The molecule has 0 aliphatic carbocycles. The Balaban J connectivity index is 1.44. The van der Waals surface area contributed by atoms with Gasteiger partial charge in [0.1, 0.15) is 0 Å². The highest BCUT2D eigenvalue weighted by Gasteiger charge is 2.21. The molecule has 2 amide bonds. The van der Waals surface area contributed by atoms with Gasteiger partial charge in [0.15, 0.2) is 0 Å². The van der Waals surface area contributed by atoms with E-state index >= 15 is 0 Å². The van der Waals surface area contributed by atoms with Crippen LogP contribution in [0.5, 0.6) is 0 Å². The number of thiophene rings is 1. The van der Waals surface area contributed by atoms with Crippen molar-refractivity contribution in [2.75, 3.05) is 13.1 Å². The highest BCUT2D eigenvalue weighted by atomic mass is 32.1. The van der Waals surface area contributed by atoms with Crippen LogP contribution in [0.4, 0.5) is 4.79 Å². The van der Waals surface area contributed by atoms with E-state index < -0.39 is 0 Å². The monoisotopic (exact) mass is 344 g/mol. The summed E-state index contributed by atoms with van der Waals surface area (Å²) >= 11 is 1.85. The van der Waals surface area contributed by atoms with Crippen molar-refractivity contribution in [2.24, 2.45) is 0 Å². The van der Waals surface area contributed by atoms with Crippen molar-refractivity contribution in [3.05, 3.63) is 52.0 Å². The quantitative estimate of drug-likeness (QED) is 0.877. The second kappa shape index (κ2) is 7.77. The second-order valence-corrected chi connectivity index (χ2v) is 7.27. The number of pyridine rings is 1. The summed E-state index contributed by atoms with van der Waals surface area (Å²) in [5, 5.41) is 8.09. The van der Waals surface area contributed by atoms with Crippen molar-refractivity contribution in [3.63, 3.8) is 0 Å². The normalized spacial score (nSPS) is 16.9. The van der Waals surface area contributed by atoms with Crippen LogP contribution in [0.1, 0.15) is 36.0 Å². The third-order valence-electron chi connectivity index (χ3n) is 4.50. The molecule has 0 saturated heterocycles. The van der Waals surface area contributed by atoms with Crippen LogP contribution in [0.2, 0.25) is 0 Å². The smallest absolute Gasteiger partial charge is 0.315 e. The van der Waals surface area contributed by atoms with Crippen molar-refractivity contribution in [2.45, 2.75) is 38.9 Å². The summed E-state index contributed by atoms with van der Waals surface area (Å²) in [5.41, 5.74) is 2.30. The van der Waals surface area contributed by atoms with Gasteiger partial charge in [0.2, 0.25) is 0 Å². The van der Waals surface area contributed by atoms with Gasteiger partial charge in [-0.15, -0.1) is 11.3 Å². The van der Waals surface area contributed by atoms with Crippen LogP contribution in [0.3, 0.4) is 0 Å². The fourth-order valence-corrected chi connectivity index (χ4v) is 3.86. The number of amides is 2. The molecule has 24 heavy (non-hydrogen) atoms. The SMILES string of the molecule is C[C@H](NC(=O)NC[C@@H](C)N1CCc2sccc2C1)c1ccccn1. The topological polar surface area (TPSA) is 57.3 Å². The highest BCUT2D eigenvalue weighted by molar-refractivity contribution is 7.10. The molecule has 2 aromatic rings. The predicted molar refractivity (Wildman–Crippen MR) is 97.1 cm³/mol. The van der Waals surface area contributed by atoms with Gasteiger partial charge in [0, 0.05) is 36.8 Å². The molecule has 2 atom stereocenters. The lowest BCUT2D eigenvalue weighted by molar-refractivity contribution is 0.185. The number of carbonyl (C=O) groups excluding carboxylic acids is 1. The molecule has 0 saturated carbocycles. The molecule has 0 radical (unpaired) electrons. The van der Waals surface area contributed by atoms with E-state index in [0.29, 0.717) is 12.6 Å². The molecule has 2 N–H and O–H groups in total. The summed E-state index contributed by atoms with van der Waals surface area (Å²) in [5.74, 6) is 0. The van der Waals surface area contributed by atoms with Gasteiger partial charge in [-0.05, 0) is 49.4 Å². The zero-order chi connectivity index (χ0) is 16.9. The van der Waals surface area contributed by atoms with E-state index in [0.717, 1.165) is 25.2 Å². The minimum atomic E-state index is -0.145. The molecule has 5 nitrogen and oxygen atoms in total. The summed E-state index contributed by atoms with van der Waals surface area (Å²) < 4.78 is 0. The molecule has 0 spiro atoms. The van der Waals surface area contributed by atoms with Crippen LogP contribution < -0.4 is 10.6 Å². The third kappa shape index (κ3) is 4.13. The lowest BCUT2D eigenvalue weighted by atomic mass is 10.1. The average molecular weight is 344 g/mol. The Bertz CT molecular complexity index is 673. The van der Waals surface area contributed by atoms with Crippen LogP contribution in [0.15, 0.2) is 35.8 Å². The van der Waals surface area contributed by atoms with Crippen molar-refractivity contribution < 1.29 is 4.79 Å². The van der Waals surface area contributed by atoms with E-state index in [4.69, 9.17) is 0 Å². The number of hydrogen-bond donors (Lipinski definition) is 2.